The Labute approximate surface area is 223 Å². The summed E-state index contributed by atoms with van der Waals surface area (Å²) in [4.78, 5) is 30.4. The molecule has 2 heterocycles. The molecule has 0 radical (unpaired) electrons. The van der Waals surface area contributed by atoms with E-state index >= 15 is 0 Å². The van der Waals surface area contributed by atoms with Crippen molar-refractivity contribution in [2.24, 2.45) is 0 Å². The minimum Gasteiger partial charge on any atom is -0.352 e. The van der Waals surface area contributed by atoms with E-state index in [9.17, 15) is 14.9 Å². The van der Waals surface area contributed by atoms with Crippen LogP contribution in [0.1, 0.15) is 41.9 Å². The Morgan fingerprint density at radius 1 is 1.05 bits per heavy atom. The summed E-state index contributed by atoms with van der Waals surface area (Å²) in [7, 11) is 0. The molecule has 190 valence electrons. The van der Waals surface area contributed by atoms with Crippen LogP contribution in [0.3, 0.4) is 0 Å². The molecule has 0 bridgehead atoms. The summed E-state index contributed by atoms with van der Waals surface area (Å²) in [6.45, 7) is 6.04. The Hall–Kier alpha value is -3.34. The lowest BCUT2D eigenvalue weighted by Crippen LogP contribution is -2.48. The number of nitrogens with one attached hydrogen (secondary N) is 1. The van der Waals surface area contributed by atoms with Crippen molar-refractivity contribution in [2.75, 3.05) is 31.9 Å². The molecule has 7 heteroatoms. The van der Waals surface area contributed by atoms with Crippen LogP contribution in [-0.4, -0.2) is 53.4 Å². The van der Waals surface area contributed by atoms with Crippen LogP contribution in [0.2, 0.25) is 0 Å². The topological polar surface area (TPSA) is 76.4 Å². The number of amides is 1. The molecule has 1 atom stereocenters. The van der Waals surface area contributed by atoms with Gasteiger partial charge in [0.15, 0.2) is 5.78 Å². The first kappa shape index (κ1) is 25.3. The van der Waals surface area contributed by atoms with Gasteiger partial charge in [0.05, 0.1) is 28.3 Å². The van der Waals surface area contributed by atoms with Gasteiger partial charge < -0.3 is 10.2 Å². The van der Waals surface area contributed by atoms with E-state index in [1.165, 1.54) is 17.3 Å². The fraction of sp³-hybridized carbons (Fsp3) is 0.367. The van der Waals surface area contributed by atoms with Crippen molar-refractivity contribution in [2.45, 2.75) is 38.6 Å². The van der Waals surface area contributed by atoms with Crippen molar-refractivity contribution < 1.29 is 9.59 Å². The number of carbonyl (C=O) groups is 2. The molecule has 1 aliphatic carbocycles. The number of benzene rings is 2. The van der Waals surface area contributed by atoms with Crippen molar-refractivity contribution in [1.82, 2.24) is 15.1 Å². The number of hydrogen-bond acceptors (Lipinski definition) is 6. The first-order valence-corrected chi connectivity index (χ1v) is 13.9. The maximum Gasteiger partial charge on any atom is 0.233 e. The van der Waals surface area contributed by atoms with Gasteiger partial charge in [0.1, 0.15) is 0 Å². The average Bonchev–Trinajstić information content (AvgIpc) is 2.92. The summed E-state index contributed by atoms with van der Waals surface area (Å²) in [5.41, 5.74) is 5.53. The highest BCUT2D eigenvalue weighted by molar-refractivity contribution is 8.03. The predicted molar refractivity (Wildman–Crippen MR) is 146 cm³/mol. The zero-order chi connectivity index (χ0) is 25.8. The molecular formula is C30H32N4O2S. The van der Waals surface area contributed by atoms with Crippen LogP contribution in [0, 0.1) is 18.3 Å². The van der Waals surface area contributed by atoms with Gasteiger partial charge in [0.25, 0.3) is 0 Å². The van der Waals surface area contributed by atoms with Gasteiger partial charge >= 0.3 is 0 Å². The van der Waals surface area contributed by atoms with Crippen LogP contribution in [0.25, 0.3) is 0 Å². The molecule has 6 nitrogen and oxygen atoms in total. The molecule has 0 aromatic heterocycles. The van der Waals surface area contributed by atoms with E-state index in [-0.39, 0.29) is 23.4 Å². The molecule has 1 fully saturated rings. The summed E-state index contributed by atoms with van der Waals surface area (Å²) < 4.78 is 0. The number of thioether (sulfide) groups is 1. The van der Waals surface area contributed by atoms with Gasteiger partial charge in [-0.15, -0.1) is 0 Å². The van der Waals surface area contributed by atoms with Crippen molar-refractivity contribution in [3.63, 3.8) is 0 Å². The highest BCUT2D eigenvalue weighted by Crippen LogP contribution is 2.44. The number of ketones is 1. The summed E-state index contributed by atoms with van der Waals surface area (Å²) in [6, 6.07) is 20.9. The first-order valence-electron chi connectivity index (χ1n) is 12.9. The van der Waals surface area contributed by atoms with Crippen LogP contribution in [0.5, 0.6) is 0 Å². The number of aryl methyl sites for hydroxylation is 1. The van der Waals surface area contributed by atoms with E-state index in [4.69, 9.17) is 0 Å². The fourth-order valence-electron chi connectivity index (χ4n) is 5.35. The molecule has 0 saturated carbocycles. The summed E-state index contributed by atoms with van der Waals surface area (Å²) >= 11 is 1.39. The lowest BCUT2D eigenvalue weighted by atomic mass is 9.77. The molecule has 2 aromatic rings. The Balaban J connectivity index is 1.27. The molecule has 0 unspecified atom stereocenters. The Kier molecular flexibility index (Phi) is 7.78. The third-order valence-electron chi connectivity index (χ3n) is 7.39. The van der Waals surface area contributed by atoms with E-state index in [2.05, 4.69) is 40.6 Å². The van der Waals surface area contributed by atoms with Crippen LogP contribution < -0.4 is 5.32 Å². The normalized spacial score (nSPS) is 20.4. The molecule has 37 heavy (non-hydrogen) atoms. The summed E-state index contributed by atoms with van der Waals surface area (Å²) in [6.07, 6.45) is 2.10. The second-order valence-corrected chi connectivity index (χ2v) is 10.9. The van der Waals surface area contributed by atoms with Gasteiger partial charge in [-0.05, 0) is 30.9 Å². The molecule has 3 aliphatic rings. The van der Waals surface area contributed by atoms with E-state index in [0.717, 1.165) is 54.9 Å². The van der Waals surface area contributed by atoms with Crippen molar-refractivity contribution in [1.29, 1.82) is 5.26 Å². The number of nitrogens with zero attached hydrogens (tertiary/aromatic N) is 3. The van der Waals surface area contributed by atoms with Gasteiger partial charge in [0.2, 0.25) is 5.91 Å². The summed E-state index contributed by atoms with van der Waals surface area (Å²) in [5, 5.41) is 14.3. The second-order valence-electron chi connectivity index (χ2n) is 9.92. The first-order chi connectivity index (χ1) is 18.0. The van der Waals surface area contributed by atoms with Gasteiger partial charge in [-0.25, -0.2) is 0 Å². The van der Waals surface area contributed by atoms with E-state index in [0.29, 0.717) is 30.1 Å². The number of hydrogen-bond donors (Lipinski definition) is 1. The highest BCUT2D eigenvalue weighted by atomic mass is 32.2. The summed E-state index contributed by atoms with van der Waals surface area (Å²) in [5.74, 6) is 0.0836. The molecular weight excluding hydrogens is 480 g/mol. The lowest BCUT2D eigenvalue weighted by Gasteiger charge is -2.35. The van der Waals surface area contributed by atoms with Crippen LogP contribution in [0.15, 0.2) is 76.5 Å². The van der Waals surface area contributed by atoms with Crippen LogP contribution in [0.4, 0.5) is 0 Å². The standard InChI is InChI=1S/C30H32N4O2S/c1-21-10-12-23(13-11-21)28-24(18-31)30(32-25-8-5-9-26(35)29(25)28)37-20-27(36)34-16-14-33(15-17-34)19-22-6-3-2-4-7-22/h2-4,6-7,10-13,28,32H,5,8-9,14-17,19-20H2,1H3/t28-/m1/s1. The number of carbonyl (C=O) groups excluding carboxylic acids is 2. The fourth-order valence-corrected chi connectivity index (χ4v) is 6.32. The molecule has 5 rings (SSSR count). The number of piperazine rings is 1. The van der Waals surface area contributed by atoms with Crippen molar-refractivity contribution in [3.05, 3.63) is 93.2 Å². The zero-order valence-corrected chi connectivity index (χ0v) is 22.0. The quantitative estimate of drug-likeness (QED) is 0.614. The Morgan fingerprint density at radius 3 is 2.49 bits per heavy atom. The van der Waals surface area contributed by atoms with Crippen molar-refractivity contribution >= 4 is 23.5 Å². The Morgan fingerprint density at radius 2 is 1.78 bits per heavy atom. The maximum absolute atomic E-state index is 13.1. The smallest absolute Gasteiger partial charge is 0.233 e. The number of nitriles is 1. The highest BCUT2D eigenvalue weighted by Gasteiger charge is 2.37. The van der Waals surface area contributed by atoms with Gasteiger partial charge in [-0.2, -0.15) is 5.26 Å². The van der Waals surface area contributed by atoms with E-state index in [1.807, 2.05) is 42.2 Å². The minimum absolute atomic E-state index is 0.0855. The largest absolute Gasteiger partial charge is 0.352 e. The van der Waals surface area contributed by atoms with Crippen molar-refractivity contribution in [3.8, 4) is 6.07 Å². The molecule has 1 saturated heterocycles. The third kappa shape index (κ3) is 5.66. The molecule has 1 N–H and O–H groups in total. The zero-order valence-electron chi connectivity index (χ0n) is 21.2. The third-order valence-corrected chi connectivity index (χ3v) is 8.39. The van der Waals surface area contributed by atoms with Gasteiger partial charge in [-0.3, -0.25) is 14.5 Å². The van der Waals surface area contributed by atoms with Gasteiger partial charge in [-0.1, -0.05) is 71.9 Å². The number of allylic oxidation sites excluding steroid dienone is 3. The van der Waals surface area contributed by atoms with E-state index in [1.54, 1.807) is 0 Å². The minimum atomic E-state index is -0.381. The molecule has 1 amide bonds. The monoisotopic (exact) mass is 512 g/mol. The SMILES string of the molecule is Cc1ccc([C@@H]2C(C#N)=C(SCC(=O)N3CCN(Cc4ccccc4)CC3)NC3=C2C(=O)CCC3)cc1. The van der Waals surface area contributed by atoms with Gasteiger partial charge in [0, 0.05) is 50.4 Å². The molecule has 2 aliphatic heterocycles. The van der Waals surface area contributed by atoms with Crippen LogP contribution in [-0.2, 0) is 16.1 Å². The number of Topliss-reactive ketones (excluding diaryl/α,β-unsaturated/α-hetero) is 1. The molecule has 0 spiro atoms. The molecule has 2 aromatic carbocycles. The van der Waals surface area contributed by atoms with Crippen LogP contribution >= 0.6 is 11.8 Å². The number of rotatable bonds is 6. The average molecular weight is 513 g/mol. The number of dihydropyridines is 1. The predicted octanol–water partition coefficient (Wildman–Crippen LogP) is 4.50. The van der Waals surface area contributed by atoms with E-state index < -0.39 is 0 Å². The maximum atomic E-state index is 13.1. The second kappa shape index (κ2) is 11.4. The lowest BCUT2D eigenvalue weighted by molar-refractivity contribution is -0.130. The Bertz CT molecular complexity index is 1270.